The Morgan fingerprint density at radius 2 is 1.35 bits per heavy atom. The highest BCUT2D eigenvalue weighted by Gasteiger charge is 2.38. The van der Waals surface area contributed by atoms with E-state index < -0.39 is 6.85 Å². The fourth-order valence-corrected chi connectivity index (χ4v) is 8.58. The highest BCUT2D eigenvalue weighted by atomic mass is 35.5. The number of anilines is 3. The molecule has 0 saturated heterocycles. The quantitative estimate of drug-likeness (QED) is 0.180. The lowest BCUT2D eigenvalue weighted by molar-refractivity contribution is 0.332. The zero-order valence-corrected chi connectivity index (χ0v) is 31.4. The van der Waals surface area contributed by atoms with Gasteiger partial charge < -0.3 is 4.90 Å². The Labute approximate surface area is 304 Å². The lowest BCUT2D eigenvalue weighted by Gasteiger charge is -2.42. The standard InChI is InChI=1S/C47H52ClN/c1-11-30-24-33(48)28-35(25-30)49(34-18-20-40-38(29-34)36-14-12-13-15-39(36)47(40,9)10)43-21-17-32(44(2,3)4)27-37(43)31-16-19-41-42(26-31)46(7,8)23-22-45(41,5)6/h12-21,24-29H,11,22-23H2,1-10H3/i1D3. The van der Waals surface area contributed by atoms with E-state index in [-0.39, 0.29) is 28.1 Å². The number of hydrogen-bond donors (Lipinski definition) is 0. The predicted molar refractivity (Wildman–Crippen MR) is 212 cm³/mol. The van der Waals surface area contributed by atoms with E-state index in [1.165, 1.54) is 44.5 Å². The molecule has 0 fully saturated rings. The Bertz CT molecular complexity index is 2200. The largest absolute Gasteiger partial charge is 0.310 e. The Balaban J connectivity index is 1.52. The predicted octanol–water partition coefficient (Wildman–Crippen LogP) is 14.0. The maximum Gasteiger partial charge on any atom is 0.0540 e. The van der Waals surface area contributed by atoms with Crippen molar-refractivity contribution in [2.45, 2.75) is 110 Å². The van der Waals surface area contributed by atoms with Crippen LogP contribution in [0.25, 0.3) is 22.3 Å². The molecule has 2 heteroatoms. The van der Waals surface area contributed by atoms with Gasteiger partial charge in [-0.15, -0.1) is 0 Å². The second kappa shape index (κ2) is 11.6. The zero-order chi connectivity index (χ0) is 37.6. The number of benzene rings is 5. The highest BCUT2D eigenvalue weighted by molar-refractivity contribution is 6.31. The van der Waals surface area contributed by atoms with E-state index >= 15 is 0 Å². The van der Waals surface area contributed by atoms with Crippen molar-refractivity contribution in [2.24, 2.45) is 0 Å². The molecule has 0 aromatic heterocycles. The maximum atomic E-state index is 8.08. The molecule has 2 aliphatic carbocycles. The molecule has 5 aromatic rings. The van der Waals surface area contributed by atoms with Crippen molar-refractivity contribution in [3.05, 3.63) is 135 Å². The molecule has 1 nitrogen and oxygen atoms in total. The molecule has 7 rings (SSSR count). The fraction of sp³-hybridized carbons (Fsp3) is 0.362. The summed E-state index contributed by atoms with van der Waals surface area (Å²) in [7, 11) is 0. The molecule has 0 aliphatic heterocycles. The summed E-state index contributed by atoms with van der Waals surface area (Å²) in [5, 5.41) is 0.514. The summed E-state index contributed by atoms with van der Waals surface area (Å²) in [6, 6.07) is 35.3. The average Bonchev–Trinajstić information content (AvgIpc) is 3.28. The first kappa shape index (κ1) is 30.1. The summed E-state index contributed by atoms with van der Waals surface area (Å²) < 4.78 is 24.2. The fourth-order valence-electron chi connectivity index (χ4n) is 8.32. The third kappa shape index (κ3) is 5.73. The summed E-state index contributed by atoms with van der Waals surface area (Å²) in [4.78, 5) is 2.29. The molecule has 0 heterocycles. The van der Waals surface area contributed by atoms with E-state index in [0.717, 1.165) is 35.5 Å². The highest BCUT2D eigenvalue weighted by Crippen LogP contribution is 2.52. The van der Waals surface area contributed by atoms with Crippen LogP contribution in [-0.2, 0) is 28.1 Å². The number of nitrogens with zero attached hydrogens (tertiary/aromatic N) is 1. The number of hydrogen-bond acceptors (Lipinski definition) is 1. The minimum atomic E-state index is -2.13. The monoisotopic (exact) mass is 668 g/mol. The van der Waals surface area contributed by atoms with Gasteiger partial charge in [-0.2, -0.15) is 0 Å². The molecule has 49 heavy (non-hydrogen) atoms. The first-order valence-electron chi connectivity index (χ1n) is 19.3. The smallest absolute Gasteiger partial charge is 0.0540 e. The summed E-state index contributed by atoms with van der Waals surface area (Å²) in [6.07, 6.45) is 2.24. The van der Waals surface area contributed by atoms with Gasteiger partial charge >= 0.3 is 0 Å². The van der Waals surface area contributed by atoms with E-state index in [0.29, 0.717) is 10.6 Å². The lowest BCUT2D eigenvalue weighted by atomic mass is 9.63. The van der Waals surface area contributed by atoms with Crippen LogP contribution in [0, 0.1) is 0 Å². The molecular formula is C47H52ClN. The topological polar surface area (TPSA) is 3.24 Å². The third-order valence-electron chi connectivity index (χ3n) is 11.5. The van der Waals surface area contributed by atoms with Gasteiger partial charge in [-0.3, -0.25) is 0 Å². The van der Waals surface area contributed by atoms with E-state index in [1.807, 2.05) is 12.1 Å². The molecular weight excluding hydrogens is 614 g/mol. The van der Waals surface area contributed by atoms with Crippen molar-refractivity contribution in [1.82, 2.24) is 0 Å². The van der Waals surface area contributed by atoms with E-state index in [1.54, 1.807) is 6.07 Å². The summed E-state index contributed by atoms with van der Waals surface area (Å²) >= 11 is 6.86. The summed E-state index contributed by atoms with van der Waals surface area (Å²) in [5.41, 5.74) is 15.0. The number of halogens is 1. The van der Waals surface area contributed by atoms with Crippen LogP contribution in [0.2, 0.25) is 5.02 Å². The first-order chi connectivity index (χ1) is 24.2. The van der Waals surface area contributed by atoms with Crippen LogP contribution in [0.4, 0.5) is 17.1 Å². The second-order valence-corrected chi connectivity index (χ2v) is 17.7. The first-order valence-corrected chi connectivity index (χ1v) is 18.2. The van der Waals surface area contributed by atoms with Gasteiger partial charge in [0.05, 0.1) is 5.69 Å². The van der Waals surface area contributed by atoms with Crippen molar-refractivity contribution >= 4 is 28.7 Å². The van der Waals surface area contributed by atoms with Crippen molar-refractivity contribution in [3.63, 3.8) is 0 Å². The second-order valence-electron chi connectivity index (χ2n) is 17.2. The number of rotatable bonds is 5. The Kier molecular flexibility index (Phi) is 7.13. The van der Waals surface area contributed by atoms with Crippen molar-refractivity contribution in [3.8, 4) is 22.3 Å². The molecule has 5 aromatic carbocycles. The summed E-state index contributed by atoms with van der Waals surface area (Å²) in [5.74, 6) is 0. The molecule has 0 spiro atoms. The summed E-state index contributed by atoms with van der Waals surface area (Å²) in [6.45, 7) is 18.8. The Morgan fingerprint density at radius 3 is 2.08 bits per heavy atom. The van der Waals surface area contributed by atoms with Gasteiger partial charge in [0.25, 0.3) is 0 Å². The van der Waals surface area contributed by atoms with Crippen LogP contribution in [0.3, 0.4) is 0 Å². The molecule has 0 radical (unpaired) electrons. The third-order valence-corrected chi connectivity index (χ3v) is 11.7. The average molecular weight is 669 g/mol. The Morgan fingerprint density at radius 1 is 0.653 bits per heavy atom. The molecule has 0 N–H and O–H groups in total. The zero-order valence-electron chi connectivity index (χ0n) is 33.7. The van der Waals surface area contributed by atoms with Gasteiger partial charge in [0.15, 0.2) is 0 Å². The minimum absolute atomic E-state index is 0.0552. The lowest BCUT2D eigenvalue weighted by Crippen LogP contribution is -2.33. The molecule has 0 saturated carbocycles. The van der Waals surface area contributed by atoms with Crippen LogP contribution < -0.4 is 4.90 Å². The molecule has 0 bridgehead atoms. The van der Waals surface area contributed by atoms with E-state index in [4.69, 9.17) is 15.7 Å². The van der Waals surface area contributed by atoms with E-state index in [9.17, 15) is 0 Å². The number of aryl methyl sites for hydroxylation is 1. The molecule has 0 unspecified atom stereocenters. The van der Waals surface area contributed by atoms with Gasteiger partial charge in [0, 0.05) is 31.5 Å². The Hall–Kier alpha value is -3.81. The van der Waals surface area contributed by atoms with Crippen LogP contribution in [-0.4, -0.2) is 0 Å². The van der Waals surface area contributed by atoms with Crippen molar-refractivity contribution in [2.75, 3.05) is 4.90 Å². The molecule has 2 aliphatic rings. The normalized spacial score (nSPS) is 18.0. The van der Waals surface area contributed by atoms with Gasteiger partial charge in [-0.05, 0) is 128 Å². The van der Waals surface area contributed by atoms with Gasteiger partial charge in [0.2, 0.25) is 0 Å². The van der Waals surface area contributed by atoms with Crippen LogP contribution in [0.1, 0.15) is 120 Å². The SMILES string of the molecule is [2H]C([2H])([2H])Cc1cc(Cl)cc(N(c2ccc3c(c2)-c2ccccc2C3(C)C)c2ccc(C(C)(C)C)cc2-c2ccc3c(c2)C(C)(C)CCC3(C)C)c1. The van der Waals surface area contributed by atoms with Gasteiger partial charge in [0.1, 0.15) is 0 Å². The molecule has 0 amide bonds. The van der Waals surface area contributed by atoms with Crippen molar-refractivity contribution in [1.29, 1.82) is 0 Å². The molecule has 252 valence electrons. The van der Waals surface area contributed by atoms with Gasteiger partial charge in [-0.25, -0.2) is 0 Å². The molecule has 0 atom stereocenters. The van der Waals surface area contributed by atoms with Gasteiger partial charge in [-0.1, -0.05) is 135 Å². The van der Waals surface area contributed by atoms with Crippen LogP contribution >= 0.6 is 11.6 Å². The van der Waals surface area contributed by atoms with E-state index in [2.05, 4.69) is 146 Å². The maximum absolute atomic E-state index is 8.08. The van der Waals surface area contributed by atoms with Crippen molar-refractivity contribution < 1.29 is 4.11 Å². The number of fused-ring (bicyclic) bond motifs is 4. The van der Waals surface area contributed by atoms with Crippen LogP contribution in [0.15, 0.2) is 97.1 Å². The van der Waals surface area contributed by atoms with Crippen LogP contribution in [0.5, 0.6) is 0 Å². The minimum Gasteiger partial charge on any atom is -0.310 e.